The van der Waals surface area contributed by atoms with Gasteiger partial charge in [0.2, 0.25) is 5.91 Å². The van der Waals surface area contributed by atoms with E-state index in [1.807, 2.05) is 6.92 Å². The summed E-state index contributed by atoms with van der Waals surface area (Å²) in [6.45, 7) is 4.68. The number of rotatable bonds is 4. The van der Waals surface area contributed by atoms with Gasteiger partial charge in [-0.25, -0.2) is 0 Å². The Bertz CT molecular complexity index is 379. The highest BCUT2D eigenvalue weighted by atomic mass is 16.1. The molecule has 3 heteroatoms. The van der Waals surface area contributed by atoms with Crippen molar-refractivity contribution < 1.29 is 4.79 Å². The maximum atomic E-state index is 11.1. The van der Waals surface area contributed by atoms with Crippen LogP contribution in [0.5, 0.6) is 0 Å². The van der Waals surface area contributed by atoms with E-state index in [4.69, 9.17) is 0 Å². The van der Waals surface area contributed by atoms with Crippen molar-refractivity contribution in [3.05, 3.63) is 47.2 Å². The minimum Gasteiger partial charge on any atom is -0.384 e. The molecule has 0 saturated heterocycles. The van der Waals surface area contributed by atoms with Gasteiger partial charge in [0.15, 0.2) is 0 Å². The van der Waals surface area contributed by atoms with Crippen molar-refractivity contribution in [1.29, 1.82) is 0 Å². The van der Waals surface area contributed by atoms with Gasteiger partial charge in [-0.2, -0.15) is 0 Å². The Kier molecular flexibility index (Phi) is 4.58. The Labute approximate surface area is 96.6 Å². The van der Waals surface area contributed by atoms with E-state index >= 15 is 0 Å². The number of benzene rings is 1. The van der Waals surface area contributed by atoms with Crippen LogP contribution in [0.4, 0.5) is 0 Å². The smallest absolute Gasteiger partial charge is 0.245 e. The van der Waals surface area contributed by atoms with E-state index in [2.05, 4.69) is 41.8 Å². The molecule has 0 radical (unpaired) electrons. The number of nitrogens with one attached hydrogen (secondary N) is 2. The first-order chi connectivity index (χ1) is 7.61. The lowest BCUT2D eigenvalue weighted by atomic mass is 10.1. The van der Waals surface area contributed by atoms with Crippen molar-refractivity contribution in [3.63, 3.8) is 0 Å². The van der Waals surface area contributed by atoms with Crippen molar-refractivity contribution >= 4 is 5.91 Å². The fourth-order valence-electron chi connectivity index (χ4n) is 1.27. The van der Waals surface area contributed by atoms with E-state index in [1.165, 1.54) is 11.1 Å². The second kappa shape index (κ2) is 5.95. The Hall–Kier alpha value is -1.77. The molecule has 1 amide bonds. The molecule has 0 aliphatic carbocycles. The minimum absolute atomic E-state index is 0.0890. The fraction of sp³-hybridized carbons (Fsp3) is 0.308. The van der Waals surface area contributed by atoms with Gasteiger partial charge in [-0.1, -0.05) is 29.8 Å². The standard InChI is InChI=1S/C13H18N2O/c1-10-4-6-12(7-5-10)9-15-11(2)8-13(16)14-3/h4-8,15H,9H2,1-3H3,(H,14,16)/b11-8-. The Morgan fingerprint density at radius 2 is 1.94 bits per heavy atom. The number of allylic oxidation sites excluding steroid dienone is 1. The summed E-state index contributed by atoms with van der Waals surface area (Å²) in [5, 5.41) is 5.73. The van der Waals surface area contributed by atoms with Gasteiger partial charge in [-0.3, -0.25) is 4.79 Å². The molecule has 0 aliphatic rings. The largest absolute Gasteiger partial charge is 0.384 e. The number of aryl methyl sites for hydroxylation is 1. The van der Waals surface area contributed by atoms with Crippen LogP contribution in [-0.4, -0.2) is 13.0 Å². The summed E-state index contributed by atoms with van der Waals surface area (Å²) in [6.07, 6.45) is 1.55. The van der Waals surface area contributed by atoms with E-state index in [-0.39, 0.29) is 5.91 Å². The van der Waals surface area contributed by atoms with Crippen LogP contribution in [0, 0.1) is 6.92 Å². The molecular formula is C13H18N2O. The molecule has 1 aromatic rings. The van der Waals surface area contributed by atoms with Crippen LogP contribution >= 0.6 is 0 Å². The third-order valence-corrected chi connectivity index (χ3v) is 2.29. The van der Waals surface area contributed by atoms with Crippen LogP contribution in [0.25, 0.3) is 0 Å². The third-order valence-electron chi connectivity index (χ3n) is 2.29. The lowest BCUT2D eigenvalue weighted by molar-refractivity contribution is -0.116. The fourth-order valence-corrected chi connectivity index (χ4v) is 1.27. The first-order valence-corrected chi connectivity index (χ1v) is 5.31. The number of amides is 1. The first kappa shape index (κ1) is 12.3. The van der Waals surface area contributed by atoms with E-state index in [9.17, 15) is 4.79 Å². The maximum Gasteiger partial charge on any atom is 0.245 e. The zero-order valence-electron chi connectivity index (χ0n) is 10.0. The molecule has 1 aromatic carbocycles. The average Bonchev–Trinajstić information content (AvgIpc) is 2.28. The maximum absolute atomic E-state index is 11.1. The molecule has 0 spiro atoms. The predicted molar refractivity (Wildman–Crippen MR) is 65.8 cm³/mol. The number of carbonyl (C=O) groups is 1. The Balaban J connectivity index is 2.48. The summed E-state index contributed by atoms with van der Waals surface area (Å²) in [5.74, 6) is -0.0890. The Morgan fingerprint density at radius 3 is 2.50 bits per heavy atom. The van der Waals surface area contributed by atoms with E-state index in [1.54, 1.807) is 13.1 Å². The highest BCUT2D eigenvalue weighted by molar-refractivity contribution is 5.87. The van der Waals surface area contributed by atoms with Gasteiger partial charge in [0.25, 0.3) is 0 Å². The molecule has 0 heterocycles. The molecule has 16 heavy (non-hydrogen) atoms. The van der Waals surface area contributed by atoms with Crippen LogP contribution in [0.1, 0.15) is 18.1 Å². The van der Waals surface area contributed by atoms with Crippen molar-refractivity contribution in [2.75, 3.05) is 7.05 Å². The number of hydrogen-bond acceptors (Lipinski definition) is 2. The summed E-state index contributed by atoms with van der Waals surface area (Å²) in [5.41, 5.74) is 3.32. The number of carbonyl (C=O) groups excluding carboxylic acids is 1. The topological polar surface area (TPSA) is 41.1 Å². The first-order valence-electron chi connectivity index (χ1n) is 5.31. The Morgan fingerprint density at radius 1 is 1.31 bits per heavy atom. The zero-order chi connectivity index (χ0) is 12.0. The molecule has 3 nitrogen and oxygen atoms in total. The van der Waals surface area contributed by atoms with Crippen LogP contribution in [-0.2, 0) is 11.3 Å². The monoisotopic (exact) mass is 218 g/mol. The van der Waals surface area contributed by atoms with E-state index in [0.29, 0.717) is 0 Å². The number of likely N-dealkylation sites (N-methyl/N-ethyl adjacent to an activating group) is 1. The molecule has 0 saturated carbocycles. The lowest BCUT2D eigenvalue weighted by Crippen LogP contribution is -2.18. The van der Waals surface area contributed by atoms with Gasteiger partial charge in [0.05, 0.1) is 0 Å². The molecule has 86 valence electrons. The molecular weight excluding hydrogens is 200 g/mol. The van der Waals surface area contributed by atoms with Crippen LogP contribution < -0.4 is 10.6 Å². The van der Waals surface area contributed by atoms with E-state index < -0.39 is 0 Å². The number of hydrogen-bond donors (Lipinski definition) is 2. The summed E-state index contributed by atoms with van der Waals surface area (Å²) >= 11 is 0. The molecule has 2 N–H and O–H groups in total. The molecule has 0 atom stereocenters. The van der Waals surface area contributed by atoms with E-state index in [0.717, 1.165) is 12.2 Å². The molecule has 0 unspecified atom stereocenters. The normalized spacial score (nSPS) is 11.1. The van der Waals surface area contributed by atoms with Crippen LogP contribution in [0.2, 0.25) is 0 Å². The third kappa shape index (κ3) is 4.17. The predicted octanol–water partition coefficient (Wildman–Crippen LogP) is 1.73. The van der Waals surface area contributed by atoms with Crippen molar-refractivity contribution in [3.8, 4) is 0 Å². The molecule has 0 aliphatic heterocycles. The highest BCUT2D eigenvalue weighted by Crippen LogP contribution is 2.03. The van der Waals surface area contributed by atoms with Gasteiger partial charge >= 0.3 is 0 Å². The van der Waals surface area contributed by atoms with Gasteiger partial charge in [0, 0.05) is 25.4 Å². The molecule has 1 rings (SSSR count). The van der Waals surface area contributed by atoms with Crippen molar-refractivity contribution in [1.82, 2.24) is 10.6 Å². The van der Waals surface area contributed by atoms with Crippen molar-refractivity contribution in [2.45, 2.75) is 20.4 Å². The van der Waals surface area contributed by atoms with Crippen LogP contribution in [0.3, 0.4) is 0 Å². The highest BCUT2D eigenvalue weighted by Gasteiger charge is 1.95. The second-order valence-corrected chi connectivity index (χ2v) is 3.78. The molecule has 0 fully saturated rings. The molecule has 0 aromatic heterocycles. The van der Waals surface area contributed by atoms with Gasteiger partial charge in [0.1, 0.15) is 0 Å². The summed E-state index contributed by atoms with van der Waals surface area (Å²) in [6, 6.07) is 8.31. The minimum atomic E-state index is -0.0890. The molecule has 0 bridgehead atoms. The lowest BCUT2D eigenvalue weighted by Gasteiger charge is -2.06. The SMILES string of the molecule is CNC(=O)/C=C(/C)NCc1ccc(C)cc1. The summed E-state index contributed by atoms with van der Waals surface area (Å²) < 4.78 is 0. The summed E-state index contributed by atoms with van der Waals surface area (Å²) in [4.78, 5) is 11.1. The van der Waals surface area contributed by atoms with Gasteiger partial charge < -0.3 is 10.6 Å². The van der Waals surface area contributed by atoms with Gasteiger partial charge in [-0.15, -0.1) is 0 Å². The van der Waals surface area contributed by atoms with Crippen LogP contribution in [0.15, 0.2) is 36.0 Å². The van der Waals surface area contributed by atoms with Crippen molar-refractivity contribution in [2.24, 2.45) is 0 Å². The quantitative estimate of drug-likeness (QED) is 0.756. The summed E-state index contributed by atoms with van der Waals surface area (Å²) in [7, 11) is 1.62. The van der Waals surface area contributed by atoms with Gasteiger partial charge in [-0.05, 0) is 19.4 Å². The zero-order valence-corrected chi connectivity index (χ0v) is 10.0. The second-order valence-electron chi connectivity index (χ2n) is 3.78. The average molecular weight is 218 g/mol.